The zero-order chi connectivity index (χ0) is 17.5. The molecule has 1 N–H and O–H groups in total. The Balaban J connectivity index is 2.18. The number of ether oxygens (including phenoxy) is 2. The average Bonchev–Trinajstić information content (AvgIpc) is 2.60. The van der Waals surface area contributed by atoms with E-state index in [-0.39, 0.29) is 11.9 Å². The van der Waals surface area contributed by atoms with Crippen molar-refractivity contribution in [3.63, 3.8) is 0 Å². The lowest BCUT2D eigenvalue weighted by Gasteiger charge is -2.18. The van der Waals surface area contributed by atoms with Gasteiger partial charge in [0.25, 0.3) is 5.91 Å². The van der Waals surface area contributed by atoms with Crippen molar-refractivity contribution in [3.05, 3.63) is 58.1 Å². The number of methoxy groups -OCH3 is 1. The Kier molecular flexibility index (Phi) is 6.67. The van der Waals surface area contributed by atoms with Crippen LogP contribution >= 0.6 is 15.9 Å². The van der Waals surface area contributed by atoms with E-state index >= 15 is 0 Å². The third-order valence-electron chi connectivity index (χ3n) is 3.71. The van der Waals surface area contributed by atoms with Crippen molar-refractivity contribution in [1.82, 2.24) is 5.32 Å². The van der Waals surface area contributed by atoms with Gasteiger partial charge in [-0.3, -0.25) is 4.79 Å². The second-order valence-corrected chi connectivity index (χ2v) is 6.20. The summed E-state index contributed by atoms with van der Waals surface area (Å²) in [6, 6.07) is 13.1. The number of benzene rings is 2. The molecule has 2 aromatic rings. The molecule has 0 bridgehead atoms. The lowest BCUT2D eigenvalue weighted by Crippen LogP contribution is -2.28. The average molecular weight is 392 g/mol. The van der Waals surface area contributed by atoms with Crippen molar-refractivity contribution < 1.29 is 14.3 Å². The summed E-state index contributed by atoms with van der Waals surface area (Å²) in [6.45, 7) is 4.46. The maximum atomic E-state index is 12.6. The molecule has 2 aromatic carbocycles. The largest absolute Gasteiger partial charge is 0.493 e. The summed E-state index contributed by atoms with van der Waals surface area (Å²) >= 11 is 3.43. The fourth-order valence-electron chi connectivity index (χ4n) is 2.44. The number of carbonyl (C=O) groups excluding carboxylic acids is 1. The van der Waals surface area contributed by atoms with Crippen molar-refractivity contribution in [1.29, 1.82) is 0 Å². The summed E-state index contributed by atoms with van der Waals surface area (Å²) in [6.07, 6.45) is 0.807. The molecule has 24 heavy (non-hydrogen) atoms. The van der Waals surface area contributed by atoms with Gasteiger partial charge in [-0.05, 0) is 49.2 Å². The predicted octanol–water partition coefficient (Wildman–Crippen LogP) is 4.74. The van der Waals surface area contributed by atoms with E-state index in [1.807, 2.05) is 38.1 Å². The molecule has 0 aliphatic heterocycles. The Labute approximate surface area is 151 Å². The summed E-state index contributed by atoms with van der Waals surface area (Å²) in [5, 5.41) is 3.07. The van der Waals surface area contributed by atoms with Crippen molar-refractivity contribution in [2.24, 2.45) is 0 Å². The van der Waals surface area contributed by atoms with Crippen molar-refractivity contribution in [2.75, 3.05) is 13.7 Å². The first-order chi connectivity index (χ1) is 11.6. The lowest BCUT2D eigenvalue weighted by molar-refractivity contribution is 0.0935. The molecule has 0 aromatic heterocycles. The highest BCUT2D eigenvalue weighted by Crippen LogP contribution is 2.28. The first-order valence-corrected chi connectivity index (χ1v) is 8.75. The number of hydrogen-bond donors (Lipinski definition) is 1. The predicted molar refractivity (Wildman–Crippen MR) is 98.8 cm³/mol. The number of nitrogens with one attached hydrogen (secondary N) is 1. The van der Waals surface area contributed by atoms with Gasteiger partial charge in [-0.25, -0.2) is 0 Å². The first kappa shape index (κ1) is 18.3. The van der Waals surface area contributed by atoms with Crippen LogP contribution in [0.5, 0.6) is 11.5 Å². The van der Waals surface area contributed by atoms with Crippen LogP contribution in [0.25, 0.3) is 0 Å². The molecule has 0 radical (unpaired) electrons. The number of carbonyl (C=O) groups is 1. The van der Waals surface area contributed by atoms with Crippen LogP contribution in [0.15, 0.2) is 46.9 Å². The van der Waals surface area contributed by atoms with E-state index in [0.29, 0.717) is 23.7 Å². The van der Waals surface area contributed by atoms with Gasteiger partial charge in [-0.2, -0.15) is 0 Å². The summed E-state index contributed by atoms with van der Waals surface area (Å²) in [5.74, 6) is 1.06. The maximum Gasteiger partial charge on any atom is 0.251 e. The van der Waals surface area contributed by atoms with E-state index in [0.717, 1.165) is 16.5 Å². The highest BCUT2D eigenvalue weighted by molar-refractivity contribution is 9.10. The molecule has 0 aliphatic rings. The van der Waals surface area contributed by atoms with Gasteiger partial charge in [-0.15, -0.1) is 0 Å². The Hall–Kier alpha value is -2.01. The fourth-order valence-corrected chi connectivity index (χ4v) is 2.71. The van der Waals surface area contributed by atoms with E-state index in [2.05, 4.69) is 21.2 Å². The Morgan fingerprint density at radius 3 is 2.42 bits per heavy atom. The molecule has 0 fully saturated rings. The molecule has 128 valence electrons. The molecule has 0 heterocycles. The van der Waals surface area contributed by atoms with Gasteiger partial charge in [0.05, 0.1) is 19.8 Å². The van der Waals surface area contributed by atoms with Gasteiger partial charge in [0, 0.05) is 10.0 Å². The van der Waals surface area contributed by atoms with Crippen LogP contribution < -0.4 is 14.8 Å². The first-order valence-electron chi connectivity index (χ1n) is 7.96. The van der Waals surface area contributed by atoms with Crippen LogP contribution in [0.1, 0.15) is 42.2 Å². The molecule has 0 aliphatic carbocycles. The minimum Gasteiger partial charge on any atom is -0.493 e. The van der Waals surface area contributed by atoms with Gasteiger partial charge in [0.2, 0.25) is 0 Å². The van der Waals surface area contributed by atoms with Crippen LogP contribution in [-0.2, 0) is 0 Å². The van der Waals surface area contributed by atoms with Crippen LogP contribution in [0, 0.1) is 0 Å². The fraction of sp³-hybridized carbons (Fsp3) is 0.316. The van der Waals surface area contributed by atoms with Crippen LogP contribution in [0.4, 0.5) is 0 Å². The van der Waals surface area contributed by atoms with Gasteiger partial charge in [-0.1, -0.05) is 35.0 Å². The van der Waals surface area contributed by atoms with E-state index in [9.17, 15) is 4.79 Å². The van der Waals surface area contributed by atoms with E-state index in [1.54, 1.807) is 25.3 Å². The van der Waals surface area contributed by atoms with Crippen molar-refractivity contribution in [2.45, 2.75) is 26.3 Å². The van der Waals surface area contributed by atoms with E-state index in [1.165, 1.54) is 0 Å². The second kappa shape index (κ2) is 8.73. The third kappa shape index (κ3) is 4.51. The standard InChI is InChI=1S/C19H22BrNO3/c1-4-16(13-6-9-15(20)10-7-13)21-19(22)14-8-11-17(23-3)18(12-14)24-5-2/h6-12,16H,4-5H2,1-3H3,(H,21,22). The smallest absolute Gasteiger partial charge is 0.251 e. The van der Waals surface area contributed by atoms with Crippen LogP contribution in [0.2, 0.25) is 0 Å². The van der Waals surface area contributed by atoms with Gasteiger partial charge < -0.3 is 14.8 Å². The van der Waals surface area contributed by atoms with Gasteiger partial charge in [0.15, 0.2) is 11.5 Å². The molecule has 0 spiro atoms. The molecule has 1 atom stereocenters. The second-order valence-electron chi connectivity index (χ2n) is 5.28. The van der Waals surface area contributed by atoms with Crippen molar-refractivity contribution in [3.8, 4) is 11.5 Å². The van der Waals surface area contributed by atoms with Gasteiger partial charge >= 0.3 is 0 Å². The zero-order valence-electron chi connectivity index (χ0n) is 14.1. The van der Waals surface area contributed by atoms with E-state index < -0.39 is 0 Å². The number of halogens is 1. The molecule has 0 saturated heterocycles. The summed E-state index contributed by atoms with van der Waals surface area (Å²) in [4.78, 5) is 12.6. The highest BCUT2D eigenvalue weighted by Gasteiger charge is 2.16. The SMILES string of the molecule is CCOc1cc(C(=O)NC(CC)c2ccc(Br)cc2)ccc1OC. The normalized spacial score (nSPS) is 11.7. The highest BCUT2D eigenvalue weighted by atomic mass is 79.9. The summed E-state index contributed by atoms with van der Waals surface area (Å²) in [5.41, 5.74) is 1.63. The number of amides is 1. The minimum absolute atomic E-state index is 0.0387. The summed E-state index contributed by atoms with van der Waals surface area (Å²) < 4.78 is 11.8. The topological polar surface area (TPSA) is 47.6 Å². The van der Waals surface area contributed by atoms with Crippen molar-refractivity contribution >= 4 is 21.8 Å². The minimum atomic E-state index is -0.131. The summed E-state index contributed by atoms with van der Waals surface area (Å²) in [7, 11) is 1.58. The molecule has 4 nitrogen and oxygen atoms in total. The molecule has 2 rings (SSSR count). The molecule has 1 unspecified atom stereocenters. The Morgan fingerprint density at radius 1 is 1.12 bits per heavy atom. The molecule has 5 heteroatoms. The monoisotopic (exact) mass is 391 g/mol. The molecule has 0 saturated carbocycles. The molecular formula is C19H22BrNO3. The Bertz CT molecular complexity index is 686. The molecular weight excluding hydrogens is 370 g/mol. The Morgan fingerprint density at radius 2 is 1.83 bits per heavy atom. The van der Waals surface area contributed by atoms with Gasteiger partial charge in [0.1, 0.15) is 0 Å². The number of rotatable bonds is 7. The lowest BCUT2D eigenvalue weighted by atomic mass is 10.0. The molecule has 1 amide bonds. The third-order valence-corrected chi connectivity index (χ3v) is 4.24. The zero-order valence-corrected chi connectivity index (χ0v) is 15.7. The maximum absolute atomic E-state index is 12.6. The van der Waals surface area contributed by atoms with E-state index in [4.69, 9.17) is 9.47 Å². The number of hydrogen-bond acceptors (Lipinski definition) is 3. The quantitative estimate of drug-likeness (QED) is 0.741. The van der Waals surface area contributed by atoms with Crippen LogP contribution in [-0.4, -0.2) is 19.6 Å². The van der Waals surface area contributed by atoms with Crippen LogP contribution in [0.3, 0.4) is 0 Å².